The number of benzene rings is 1. The summed E-state index contributed by atoms with van der Waals surface area (Å²) in [4.78, 5) is 12.2. The molecule has 0 fully saturated rings. The number of hydrogen-bond donors (Lipinski definition) is 1. The summed E-state index contributed by atoms with van der Waals surface area (Å²) in [6, 6.07) is 5.06. The summed E-state index contributed by atoms with van der Waals surface area (Å²) in [5.74, 6) is -0.803. The van der Waals surface area contributed by atoms with E-state index in [4.69, 9.17) is 27.9 Å². The average Bonchev–Trinajstić information content (AvgIpc) is 2.44. The molecule has 0 aliphatic heterocycles. The molecule has 2 rings (SSSR count). The number of hydrogen-bond acceptors (Lipinski definition) is 4. The zero-order valence-corrected chi connectivity index (χ0v) is 12.4. The van der Waals surface area contributed by atoms with E-state index >= 15 is 0 Å². The van der Waals surface area contributed by atoms with E-state index in [-0.39, 0.29) is 21.6 Å². The van der Waals surface area contributed by atoms with Crippen LogP contribution in [0.15, 0.2) is 24.3 Å². The normalized spacial score (nSPS) is 10.3. The summed E-state index contributed by atoms with van der Waals surface area (Å²) in [5.41, 5.74) is 0.371. The van der Waals surface area contributed by atoms with Gasteiger partial charge < -0.3 is 10.1 Å². The number of nitrogens with zero attached hydrogens (tertiary/aromatic N) is 2. The van der Waals surface area contributed by atoms with E-state index in [9.17, 15) is 9.18 Å². The number of anilines is 1. The summed E-state index contributed by atoms with van der Waals surface area (Å²) in [7, 11) is 0. The third-order valence-electron chi connectivity index (χ3n) is 2.46. The van der Waals surface area contributed by atoms with Crippen LogP contribution in [0.5, 0.6) is 5.75 Å². The van der Waals surface area contributed by atoms with Gasteiger partial charge in [-0.2, -0.15) is 0 Å². The second-order valence-electron chi connectivity index (χ2n) is 3.90. The molecule has 0 radical (unpaired) electrons. The fourth-order valence-electron chi connectivity index (χ4n) is 1.58. The van der Waals surface area contributed by atoms with Gasteiger partial charge in [0.1, 0.15) is 11.6 Å². The number of amides is 1. The number of nitrogens with one attached hydrogen (secondary N) is 1. The van der Waals surface area contributed by atoms with Crippen LogP contribution in [0.2, 0.25) is 10.3 Å². The lowest BCUT2D eigenvalue weighted by Crippen LogP contribution is -2.14. The summed E-state index contributed by atoms with van der Waals surface area (Å²) >= 11 is 11.5. The predicted molar refractivity (Wildman–Crippen MR) is 77.6 cm³/mol. The highest BCUT2D eigenvalue weighted by Crippen LogP contribution is 2.27. The number of carbonyl (C=O) groups is 1. The Morgan fingerprint density at radius 3 is 2.81 bits per heavy atom. The van der Waals surface area contributed by atoms with Crippen LogP contribution in [0.1, 0.15) is 17.3 Å². The molecule has 0 unspecified atom stereocenters. The standard InChI is InChI=1S/C13H10Cl2FN3O2/c1-2-21-10-5-7(16)3-4-9(10)17-13(20)8-6-11(14)18-19-12(8)15/h3-6H,2H2,1H3,(H,17,20). The molecule has 8 heteroatoms. The van der Waals surface area contributed by atoms with Gasteiger partial charge in [0, 0.05) is 6.07 Å². The lowest BCUT2D eigenvalue weighted by Gasteiger charge is -2.12. The van der Waals surface area contributed by atoms with Crippen LogP contribution < -0.4 is 10.1 Å². The molecule has 2 aromatic rings. The molecule has 0 saturated carbocycles. The SMILES string of the molecule is CCOc1cc(F)ccc1NC(=O)c1cc(Cl)nnc1Cl. The molecule has 1 heterocycles. The van der Waals surface area contributed by atoms with Gasteiger partial charge in [0.25, 0.3) is 5.91 Å². The maximum absolute atomic E-state index is 13.2. The number of rotatable bonds is 4. The van der Waals surface area contributed by atoms with E-state index < -0.39 is 11.7 Å². The van der Waals surface area contributed by atoms with Crippen molar-refractivity contribution in [3.05, 3.63) is 46.0 Å². The van der Waals surface area contributed by atoms with E-state index in [2.05, 4.69) is 15.5 Å². The molecule has 0 spiro atoms. The number of halogens is 3. The first-order valence-corrected chi connectivity index (χ1v) is 6.69. The Morgan fingerprint density at radius 1 is 1.33 bits per heavy atom. The summed E-state index contributed by atoms with van der Waals surface area (Å²) in [5, 5.41) is 9.58. The monoisotopic (exact) mass is 329 g/mol. The summed E-state index contributed by atoms with van der Waals surface area (Å²) < 4.78 is 18.5. The lowest BCUT2D eigenvalue weighted by molar-refractivity contribution is 0.102. The third-order valence-corrected chi connectivity index (χ3v) is 2.92. The van der Waals surface area contributed by atoms with Gasteiger partial charge in [0.05, 0.1) is 17.9 Å². The third kappa shape index (κ3) is 3.80. The van der Waals surface area contributed by atoms with Crippen molar-refractivity contribution in [1.82, 2.24) is 10.2 Å². The molecule has 0 aliphatic rings. The van der Waals surface area contributed by atoms with Gasteiger partial charge in [-0.15, -0.1) is 10.2 Å². The highest BCUT2D eigenvalue weighted by molar-refractivity contribution is 6.34. The molecule has 0 bridgehead atoms. The van der Waals surface area contributed by atoms with Crippen LogP contribution in [0, 0.1) is 5.82 Å². The number of carbonyl (C=O) groups excluding carboxylic acids is 1. The number of aromatic nitrogens is 2. The first kappa shape index (κ1) is 15.5. The highest BCUT2D eigenvalue weighted by Gasteiger charge is 2.15. The van der Waals surface area contributed by atoms with Crippen molar-refractivity contribution in [2.75, 3.05) is 11.9 Å². The smallest absolute Gasteiger partial charge is 0.259 e. The van der Waals surface area contributed by atoms with E-state index in [1.807, 2.05) is 0 Å². The highest BCUT2D eigenvalue weighted by atomic mass is 35.5. The minimum absolute atomic E-state index is 0.0358. The fourth-order valence-corrected chi connectivity index (χ4v) is 1.90. The van der Waals surface area contributed by atoms with Crippen LogP contribution >= 0.6 is 23.2 Å². The molecule has 0 atom stereocenters. The van der Waals surface area contributed by atoms with E-state index in [1.165, 1.54) is 24.3 Å². The van der Waals surface area contributed by atoms with Crippen LogP contribution in [0.3, 0.4) is 0 Å². The molecule has 1 aromatic carbocycles. The Balaban J connectivity index is 2.29. The molecule has 1 aromatic heterocycles. The Labute approximate surface area is 130 Å². The maximum Gasteiger partial charge on any atom is 0.259 e. The summed E-state index contributed by atoms with van der Waals surface area (Å²) in [6.45, 7) is 2.08. The molecule has 0 saturated heterocycles. The summed E-state index contributed by atoms with van der Waals surface area (Å²) in [6.07, 6.45) is 0. The van der Waals surface area contributed by atoms with Crippen molar-refractivity contribution in [3.63, 3.8) is 0 Å². The zero-order chi connectivity index (χ0) is 15.4. The van der Waals surface area contributed by atoms with Crippen molar-refractivity contribution < 1.29 is 13.9 Å². The van der Waals surface area contributed by atoms with E-state index in [0.717, 1.165) is 0 Å². The van der Waals surface area contributed by atoms with Gasteiger partial charge >= 0.3 is 0 Å². The topological polar surface area (TPSA) is 64.1 Å². The van der Waals surface area contributed by atoms with Crippen LogP contribution in [0.4, 0.5) is 10.1 Å². The minimum Gasteiger partial charge on any atom is -0.492 e. The maximum atomic E-state index is 13.2. The van der Waals surface area contributed by atoms with Gasteiger partial charge in [-0.1, -0.05) is 23.2 Å². The molecule has 21 heavy (non-hydrogen) atoms. The second-order valence-corrected chi connectivity index (χ2v) is 4.64. The minimum atomic E-state index is -0.552. The zero-order valence-electron chi connectivity index (χ0n) is 10.9. The predicted octanol–water partition coefficient (Wildman–Crippen LogP) is 3.57. The van der Waals surface area contributed by atoms with Gasteiger partial charge in [-0.3, -0.25) is 4.79 Å². The van der Waals surface area contributed by atoms with Gasteiger partial charge in [-0.05, 0) is 25.1 Å². The Morgan fingerprint density at radius 2 is 2.10 bits per heavy atom. The van der Waals surface area contributed by atoms with E-state index in [1.54, 1.807) is 6.92 Å². The van der Waals surface area contributed by atoms with Crippen LogP contribution in [-0.2, 0) is 0 Å². The van der Waals surface area contributed by atoms with Gasteiger partial charge in [0.15, 0.2) is 10.3 Å². The molecule has 1 N–H and O–H groups in total. The quantitative estimate of drug-likeness (QED) is 0.931. The first-order valence-electron chi connectivity index (χ1n) is 5.93. The molecular weight excluding hydrogens is 320 g/mol. The van der Waals surface area contributed by atoms with E-state index in [0.29, 0.717) is 12.3 Å². The first-order chi connectivity index (χ1) is 10.0. The molecule has 5 nitrogen and oxygen atoms in total. The Hall–Kier alpha value is -1.92. The van der Waals surface area contributed by atoms with Gasteiger partial charge in [0.2, 0.25) is 0 Å². The van der Waals surface area contributed by atoms with Crippen molar-refractivity contribution >= 4 is 34.8 Å². The van der Waals surface area contributed by atoms with Crippen LogP contribution in [-0.4, -0.2) is 22.7 Å². The lowest BCUT2D eigenvalue weighted by atomic mass is 10.2. The van der Waals surface area contributed by atoms with Crippen molar-refractivity contribution in [2.45, 2.75) is 6.92 Å². The molecule has 0 aliphatic carbocycles. The molecule has 110 valence electrons. The van der Waals surface area contributed by atoms with Crippen molar-refractivity contribution in [2.24, 2.45) is 0 Å². The second kappa shape index (κ2) is 6.69. The Kier molecular flexibility index (Phi) is 4.93. The molecular formula is C13H10Cl2FN3O2. The average molecular weight is 330 g/mol. The Bertz CT molecular complexity index is 682. The van der Waals surface area contributed by atoms with Crippen molar-refractivity contribution in [1.29, 1.82) is 0 Å². The number of ether oxygens (including phenoxy) is 1. The fraction of sp³-hybridized carbons (Fsp3) is 0.154. The van der Waals surface area contributed by atoms with Crippen LogP contribution in [0.25, 0.3) is 0 Å². The molecule has 1 amide bonds. The van der Waals surface area contributed by atoms with Crippen molar-refractivity contribution in [3.8, 4) is 5.75 Å². The largest absolute Gasteiger partial charge is 0.492 e. The van der Waals surface area contributed by atoms with Gasteiger partial charge in [-0.25, -0.2) is 4.39 Å².